The van der Waals surface area contributed by atoms with Crippen LogP contribution in [0.5, 0.6) is 11.5 Å². The van der Waals surface area contributed by atoms with Gasteiger partial charge in [0.25, 0.3) is 0 Å². The van der Waals surface area contributed by atoms with Crippen molar-refractivity contribution in [1.29, 1.82) is 0 Å². The van der Waals surface area contributed by atoms with Gasteiger partial charge in [-0.1, -0.05) is 97.1 Å². The molecule has 242 valence electrons. The summed E-state index contributed by atoms with van der Waals surface area (Å²) in [6.45, 7) is 0. The van der Waals surface area contributed by atoms with Gasteiger partial charge in [0.1, 0.15) is 0 Å². The van der Waals surface area contributed by atoms with E-state index in [0.717, 1.165) is 45.2 Å². The van der Waals surface area contributed by atoms with E-state index in [1.807, 2.05) is 6.07 Å². The van der Waals surface area contributed by atoms with Gasteiger partial charge < -0.3 is 18.4 Å². The highest BCUT2D eigenvalue weighted by Gasteiger charge is 2.25. The van der Waals surface area contributed by atoms with Gasteiger partial charge in [-0.25, -0.2) is 0 Å². The van der Waals surface area contributed by atoms with Crippen molar-refractivity contribution in [2.45, 2.75) is 0 Å². The molecule has 0 radical (unpaired) electrons. The SMILES string of the molecule is c1cc(-c2cc3c4c(c2)c2ccccc2n4-c2ccccc2O3)cc(-n2c3ccccc3c3cc(-n4c5ccccc5c5ccccc54)ccc32)c1. The van der Waals surface area contributed by atoms with Gasteiger partial charge in [-0.05, 0) is 90.0 Å². The summed E-state index contributed by atoms with van der Waals surface area (Å²) in [5, 5.41) is 7.41. The van der Waals surface area contributed by atoms with Crippen molar-refractivity contribution in [1.82, 2.24) is 13.7 Å². The minimum atomic E-state index is 0.870. The van der Waals surface area contributed by atoms with Crippen LogP contribution < -0.4 is 4.74 Å². The second-order valence-electron chi connectivity index (χ2n) is 13.8. The van der Waals surface area contributed by atoms with Gasteiger partial charge >= 0.3 is 0 Å². The van der Waals surface area contributed by atoms with Crippen LogP contribution >= 0.6 is 0 Å². The lowest BCUT2D eigenvalue weighted by Gasteiger charge is -2.21. The molecule has 0 saturated heterocycles. The minimum absolute atomic E-state index is 0.870. The molecule has 1 aliphatic rings. The quantitative estimate of drug-likeness (QED) is 0.185. The van der Waals surface area contributed by atoms with Gasteiger partial charge in [-0.3, -0.25) is 0 Å². The fourth-order valence-electron chi connectivity index (χ4n) is 8.81. The Morgan fingerprint density at radius 1 is 0.308 bits per heavy atom. The summed E-state index contributed by atoms with van der Waals surface area (Å²) in [6, 6.07) is 63.5. The monoisotopic (exact) mass is 663 g/mol. The Morgan fingerprint density at radius 3 is 1.54 bits per heavy atom. The predicted octanol–water partition coefficient (Wildman–Crippen LogP) is 12.8. The summed E-state index contributed by atoms with van der Waals surface area (Å²) < 4.78 is 13.8. The van der Waals surface area contributed by atoms with E-state index < -0.39 is 0 Å². The van der Waals surface area contributed by atoms with Crippen molar-refractivity contribution >= 4 is 65.4 Å². The average Bonchev–Trinajstić information content (AvgIpc) is 3.84. The molecule has 4 nitrogen and oxygen atoms in total. The number of ether oxygens (including phenoxy) is 1. The van der Waals surface area contributed by atoms with Gasteiger partial charge in [0.2, 0.25) is 0 Å². The molecule has 0 atom stereocenters. The third-order valence-corrected chi connectivity index (χ3v) is 11.0. The number of aromatic nitrogens is 3. The van der Waals surface area contributed by atoms with Crippen LogP contribution in [0.1, 0.15) is 0 Å². The molecule has 12 rings (SSSR count). The van der Waals surface area contributed by atoms with E-state index in [9.17, 15) is 0 Å². The number of benzene rings is 8. The summed E-state index contributed by atoms with van der Waals surface area (Å²) in [5.41, 5.74) is 12.7. The predicted molar refractivity (Wildman–Crippen MR) is 215 cm³/mol. The molecule has 4 heteroatoms. The number of para-hydroxylation sites is 6. The van der Waals surface area contributed by atoms with Crippen LogP contribution in [0.15, 0.2) is 176 Å². The van der Waals surface area contributed by atoms with E-state index in [-0.39, 0.29) is 0 Å². The number of fused-ring (bicyclic) bond motifs is 11. The summed E-state index contributed by atoms with van der Waals surface area (Å²) in [7, 11) is 0. The van der Waals surface area contributed by atoms with Crippen molar-refractivity contribution in [3.63, 3.8) is 0 Å². The third-order valence-electron chi connectivity index (χ3n) is 11.0. The zero-order valence-corrected chi connectivity index (χ0v) is 28.0. The smallest absolute Gasteiger partial charge is 0.152 e. The Morgan fingerprint density at radius 2 is 0.846 bits per heavy atom. The number of nitrogens with zero attached hydrogens (tertiary/aromatic N) is 3. The summed E-state index contributed by atoms with van der Waals surface area (Å²) in [6.07, 6.45) is 0. The second kappa shape index (κ2) is 10.3. The zero-order chi connectivity index (χ0) is 33.9. The lowest BCUT2D eigenvalue weighted by molar-refractivity contribution is 0.476. The van der Waals surface area contributed by atoms with Gasteiger partial charge in [0, 0.05) is 43.7 Å². The molecule has 3 aromatic heterocycles. The van der Waals surface area contributed by atoms with Crippen LogP contribution in [0.2, 0.25) is 0 Å². The fraction of sp³-hybridized carbons (Fsp3) is 0. The number of rotatable bonds is 3. The van der Waals surface area contributed by atoms with Crippen molar-refractivity contribution < 1.29 is 4.74 Å². The van der Waals surface area contributed by atoms with Crippen LogP contribution in [0.4, 0.5) is 0 Å². The van der Waals surface area contributed by atoms with Gasteiger partial charge in [0.05, 0.1) is 38.8 Å². The van der Waals surface area contributed by atoms with Crippen LogP contribution in [0.25, 0.3) is 93.6 Å². The standard InChI is InChI=1S/C48H29N3O/c1-5-18-40-34(14-1)35-15-2-6-19-41(35)50(40)33-24-25-44-38(29-33)36-16-3-7-20-42(36)49(44)32-13-11-12-30(26-32)31-27-39-37-17-4-8-21-43(37)51-45-22-9-10-23-46(45)52-47(28-31)48(39)51/h1-29H. The molecule has 1 aliphatic heterocycles. The molecule has 0 N–H and O–H groups in total. The molecular weight excluding hydrogens is 635 g/mol. The van der Waals surface area contributed by atoms with Crippen LogP contribution in [0, 0.1) is 0 Å². The Balaban J connectivity index is 1.06. The first-order valence-corrected chi connectivity index (χ1v) is 17.8. The molecule has 0 unspecified atom stereocenters. The lowest BCUT2D eigenvalue weighted by Crippen LogP contribution is -2.04. The van der Waals surface area contributed by atoms with Crippen LogP contribution in [0.3, 0.4) is 0 Å². The van der Waals surface area contributed by atoms with Crippen LogP contribution in [-0.4, -0.2) is 13.7 Å². The minimum Gasteiger partial charge on any atom is -0.453 e. The topological polar surface area (TPSA) is 24.0 Å². The van der Waals surface area contributed by atoms with Gasteiger partial charge in [-0.2, -0.15) is 0 Å². The van der Waals surface area contributed by atoms with Crippen molar-refractivity contribution in [2.24, 2.45) is 0 Å². The maximum Gasteiger partial charge on any atom is 0.152 e. The summed E-state index contributed by atoms with van der Waals surface area (Å²) in [4.78, 5) is 0. The summed E-state index contributed by atoms with van der Waals surface area (Å²) >= 11 is 0. The van der Waals surface area contributed by atoms with E-state index in [1.165, 1.54) is 59.9 Å². The van der Waals surface area contributed by atoms with E-state index in [0.29, 0.717) is 0 Å². The molecule has 11 aromatic rings. The molecule has 0 amide bonds. The normalized spacial score (nSPS) is 12.4. The molecule has 0 bridgehead atoms. The van der Waals surface area contributed by atoms with E-state index in [2.05, 4.69) is 184 Å². The first kappa shape index (κ1) is 27.7. The summed E-state index contributed by atoms with van der Waals surface area (Å²) in [5.74, 6) is 1.75. The maximum absolute atomic E-state index is 6.63. The Hall–Kier alpha value is -7.04. The molecule has 4 heterocycles. The molecule has 8 aromatic carbocycles. The van der Waals surface area contributed by atoms with Crippen LogP contribution in [-0.2, 0) is 0 Å². The van der Waals surface area contributed by atoms with Gasteiger partial charge in [-0.15, -0.1) is 0 Å². The lowest BCUT2D eigenvalue weighted by atomic mass is 10.0. The molecule has 0 spiro atoms. The van der Waals surface area contributed by atoms with Crippen molar-refractivity contribution in [2.75, 3.05) is 0 Å². The first-order valence-electron chi connectivity index (χ1n) is 17.8. The molecule has 0 saturated carbocycles. The molecular formula is C48H29N3O. The highest BCUT2D eigenvalue weighted by atomic mass is 16.5. The van der Waals surface area contributed by atoms with Crippen molar-refractivity contribution in [3.8, 4) is 39.7 Å². The average molecular weight is 664 g/mol. The number of hydrogen-bond acceptors (Lipinski definition) is 1. The highest BCUT2D eigenvalue weighted by molar-refractivity contribution is 6.14. The molecule has 0 fully saturated rings. The Labute approximate surface area is 298 Å². The highest BCUT2D eigenvalue weighted by Crippen LogP contribution is 2.47. The van der Waals surface area contributed by atoms with E-state index >= 15 is 0 Å². The zero-order valence-electron chi connectivity index (χ0n) is 28.0. The first-order chi connectivity index (χ1) is 25.8. The number of hydrogen-bond donors (Lipinski definition) is 0. The van der Waals surface area contributed by atoms with E-state index in [4.69, 9.17) is 4.74 Å². The Bertz CT molecular complexity index is 3230. The van der Waals surface area contributed by atoms with Gasteiger partial charge in [0.15, 0.2) is 11.5 Å². The third kappa shape index (κ3) is 3.70. The maximum atomic E-state index is 6.63. The Kier molecular flexibility index (Phi) is 5.47. The fourth-order valence-corrected chi connectivity index (χ4v) is 8.81. The second-order valence-corrected chi connectivity index (χ2v) is 13.8. The van der Waals surface area contributed by atoms with Crippen molar-refractivity contribution in [3.05, 3.63) is 176 Å². The van der Waals surface area contributed by atoms with E-state index in [1.54, 1.807) is 0 Å². The molecule has 0 aliphatic carbocycles. The molecule has 52 heavy (non-hydrogen) atoms. The largest absolute Gasteiger partial charge is 0.453 e.